The maximum atomic E-state index is 13.9. The van der Waals surface area contributed by atoms with Crippen LogP contribution in [-0.4, -0.2) is 40.8 Å². The first kappa shape index (κ1) is 17.6. The monoisotopic (exact) mass is 378 g/mol. The van der Waals surface area contributed by atoms with Crippen LogP contribution in [0.3, 0.4) is 0 Å². The van der Waals surface area contributed by atoms with E-state index in [9.17, 15) is 12.8 Å². The third kappa shape index (κ3) is 3.27. The van der Waals surface area contributed by atoms with Gasteiger partial charge in [-0.2, -0.15) is 4.31 Å². The lowest BCUT2D eigenvalue weighted by molar-refractivity contribution is 0.258. The number of sulfonamides is 1. The smallest absolute Gasteiger partial charge is 0.245 e. The summed E-state index contributed by atoms with van der Waals surface area (Å²) in [6.07, 6.45) is 8.20. The van der Waals surface area contributed by atoms with Gasteiger partial charge in [0, 0.05) is 25.2 Å². The summed E-state index contributed by atoms with van der Waals surface area (Å²) in [5, 5.41) is 8.61. The van der Waals surface area contributed by atoms with Crippen molar-refractivity contribution in [3.05, 3.63) is 42.0 Å². The van der Waals surface area contributed by atoms with Gasteiger partial charge in [0.1, 0.15) is 10.7 Å². The van der Waals surface area contributed by atoms with Crippen LogP contribution in [0.5, 0.6) is 0 Å². The lowest BCUT2D eigenvalue weighted by Gasteiger charge is -2.31. The van der Waals surface area contributed by atoms with Gasteiger partial charge in [-0.3, -0.25) is 0 Å². The molecule has 1 aromatic heterocycles. The van der Waals surface area contributed by atoms with E-state index in [4.69, 9.17) is 0 Å². The summed E-state index contributed by atoms with van der Waals surface area (Å²) >= 11 is 0. The molecule has 0 bridgehead atoms. The van der Waals surface area contributed by atoms with E-state index in [-0.39, 0.29) is 10.9 Å². The number of aromatic nitrogens is 3. The summed E-state index contributed by atoms with van der Waals surface area (Å²) in [5.74, 6) is -0.183. The summed E-state index contributed by atoms with van der Waals surface area (Å²) in [7, 11) is -3.79. The molecule has 1 aliphatic heterocycles. The lowest BCUT2D eigenvalue weighted by Crippen LogP contribution is -2.39. The van der Waals surface area contributed by atoms with Crippen molar-refractivity contribution in [2.24, 2.45) is 0 Å². The van der Waals surface area contributed by atoms with Crippen LogP contribution < -0.4 is 0 Å². The van der Waals surface area contributed by atoms with Crippen molar-refractivity contribution in [1.29, 1.82) is 0 Å². The zero-order chi connectivity index (χ0) is 18.1. The van der Waals surface area contributed by atoms with Crippen LogP contribution in [0.4, 0.5) is 4.39 Å². The van der Waals surface area contributed by atoms with E-state index in [1.165, 1.54) is 48.2 Å². The van der Waals surface area contributed by atoms with Crippen molar-refractivity contribution in [2.75, 3.05) is 13.1 Å². The highest BCUT2D eigenvalue weighted by Gasteiger charge is 2.32. The van der Waals surface area contributed by atoms with Gasteiger partial charge in [0.25, 0.3) is 0 Å². The quantitative estimate of drug-likeness (QED) is 0.820. The van der Waals surface area contributed by atoms with Crippen LogP contribution >= 0.6 is 0 Å². The second kappa shape index (κ2) is 7.08. The SMILES string of the molecule is O=S(=O)(c1ccccc1F)N1CCC(n2cc(C3CCCC3)nn2)CC1. The molecule has 0 unspecified atom stereocenters. The first-order valence-electron chi connectivity index (χ1n) is 9.22. The molecule has 2 heterocycles. The fourth-order valence-electron chi connectivity index (χ4n) is 4.02. The van der Waals surface area contributed by atoms with Crippen molar-refractivity contribution >= 4 is 10.0 Å². The standard InChI is InChI=1S/C18H23FN4O2S/c19-16-7-3-4-8-18(16)26(24,25)22-11-9-15(10-12-22)23-13-17(20-21-23)14-5-1-2-6-14/h3-4,7-8,13-15H,1-2,5-6,9-12H2. The normalized spacial score (nSPS) is 20.7. The Morgan fingerprint density at radius 1 is 1.04 bits per heavy atom. The third-order valence-corrected chi connectivity index (χ3v) is 7.49. The Bertz CT molecular complexity index is 869. The number of hydrogen-bond acceptors (Lipinski definition) is 4. The molecular formula is C18H23FN4O2S. The fraction of sp³-hybridized carbons (Fsp3) is 0.556. The summed E-state index contributed by atoms with van der Waals surface area (Å²) < 4.78 is 42.5. The van der Waals surface area contributed by atoms with Crippen molar-refractivity contribution in [2.45, 2.75) is 55.4 Å². The molecule has 0 atom stereocenters. The molecule has 140 valence electrons. The minimum atomic E-state index is -3.79. The molecule has 4 rings (SSSR count). The second-order valence-corrected chi connectivity index (χ2v) is 9.08. The van der Waals surface area contributed by atoms with E-state index in [1.54, 1.807) is 6.07 Å². The molecule has 26 heavy (non-hydrogen) atoms. The van der Waals surface area contributed by atoms with Crippen LogP contribution in [0.15, 0.2) is 35.4 Å². The van der Waals surface area contributed by atoms with E-state index in [2.05, 4.69) is 10.3 Å². The molecule has 0 radical (unpaired) electrons. The highest BCUT2D eigenvalue weighted by molar-refractivity contribution is 7.89. The molecule has 6 nitrogen and oxygen atoms in total. The van der Waals surface area contributed by atoms with Crippen LogP contribution in [0.1, 0.15) is 56.2 Å². The Balaban J connectivity index is 1.43. The van der Waals surface area contributed by atoms with Gasteiger partial charge >= 0.3 is 0 Å². The number of piperidine rings is 1. The Labute approximate surface area is 153 Å². The van der Waals surface area contributed by atoms with Crippen molar-refractivity contribution in [3.63, 3.8) is 0 Å². The molecule has 1 aliphatic carbocycles. The highest BCUT2D eigenvalue weighted by Crippen LogP contribution is 2.34. The van der Waals surface area contributed by atoms with Gasteiger partial charge in [0.15, 0.2) is 0 Å². The number of halogens is 1. The van der Waals surface area contributed by atoms with Gasteiger partial charge < -0.3 is 0 Å². The van der Waals surface area contributed by atoms with Crippen LogP contribution in [-0.2, 0) is 10.0 Å². The molecule has 1 saturated carbocycles. The fourth-order valence-corrected chi connectivity index (χ4v) is 5.55. The molecule has 0 N–H and O–H groups in total. The molecule has 0 amide bonds. The molecule has 2 aliphatic rings. The molecular weight excluding hydrogens is 355 g/mol. The number of hydrogen-bond donors (Lipinski definition) is 0. The highest BCUT2D eigenvalue weighted by atomic mass is 32.2. The van der Waals surface area contributed by atoms with Gasteiger partial charge in [-0.1, -0.05) is 30.2 Å². The Morgan fingerprint density at radius 2 is 1.73 bits per heavy atom. The minimum absolute atomic E-state index is 0.143. The average molecular weight is 378 g/mol. The average Bonchev–Trinajstić information content (AvgIpc) is 3.33. The van der Waals surface area contributed by atoms with Gasteiger partial charge in [-0.15, -0.1) is 5.10 Å². The molecule has 2 aromatic rings. The molecule has 2 fully saturated rings. The Kier molecular flexibility index (Phi) is 4.79. The van der Waals surface area contributed by atoms with Crippen LogP contribution in [0.2, 0.25) is 0 Å². The Morgan fingerprint density at radius 3 is 2.42 bits per heavy atom. The summed E-state index contributed by atoms with van der Waals surface area (Å²) in [6.45, 7) is 0.722. The van der Waals surface area contributed by atoms with Crippen LogP contribution in [0.25, 0.3) is 0 Å². The Hall–Kier alpha value is -1.80. The topological polar surface area (TPSA) is 68.1 Å². The summed E-state index contributed by atoms with van der Waals surface area (Å²) in [4.78, 5) is -0.247. The summed E-state index contributed by atoms with van der Waals surface area (Å²) in [6, 6.07) is 5.68. The van der Waals surface area contributed by atoms with Crippen molar-refractivity contribution in [1.82, 2.24) is 19.3 Å². The minimum Gasteiger partial charge on any atom is -0.249 e. The summed E-state index contributed by atoms with van der Waals surface area (Å²) in [5.41, 5.74) is 1.06. The maximum Gasteiger partial charge on any atom is 0.245 e. The molecule has 0 spiro atoms. The van der Waals surface area contributed by atoms with Gasteiger partial charge in [0.2, 0.25) is 10.0 Å². The second-order valence-electron chi connectivity index (χ2n) is 7.17. The zero-order valence-corrected chi connectivity index (χ0v) is 15.4. The molecule has 8 heteroatoms. The van der Waals surface area contributed by atoms with E-state index in [1.807, 2.05) is 10.9 Å². The first-order valence-corrected chi connectivity index (χ1v) is 10.7. The van der Waals surface area contributed by atoms with E-state index in [0.29, 0.717) is 31.8 Å². The maximum absolute atomic E-state index is 13.9. The molecule has 1 aromatic carbocycles. The molecule has 1 saturated heterocycles. The number of nitrogens with zero attached hydrogens (tertiary/aromatic N) is 4. The van der Waals surface area contributed by atoms with Gasteiger partial charge in [-0.25, -0.2) is 17.5 Å². The largest absolute Gasteiger partial charge is 0.249 e. The predicted octanol–water partition coefficient (Wildman–Crippen LogP) is 3.10. The lowest BCUT2D eigenvalue weighted by atomic mass is 10.0. The third-order valence-electron chi connectivity index (χ3n) is 5.55. The van der Waals surface area contributed by atoms with Crippen LogP contribution in [0, 0.1) is 5.82 Å². The number of rotatable bonds is 4. The van der Waals surface area contributed by atoms with Gasteiger partial charge in [-0.05, 0) is 37.8 Å². The van der Waals surface area contributed by atoms with E-state index < -0.39 is 15.8 Å². The van der Waals surface area contributed by atoms with Crippen molar-refractivity contribution in [3.8, 4) is 0 Å². The van der Waals surface area contributed by atoms with Crippen molar-refractivity contribution < 1.29 is 12.8 Å². The predicted molar refractivity (Wildman–Crippen MR) is 94.7 cm³/mol. The van der Waals surface area contributed by atoms with E-state index in [0.717, 1.165) is 5.69 Å². The van der Waals surface area contributed by atoms with Gasteiger partial charge in [0.05, 0.1) is 11.7 Å². The first-order chi connectivity index (χ1) is 12.6. The zero-order valence-electron chi connectivity index (χ0n) is 14.6. The van der Waals surface area contributed by atoms with E-state index >= 15 is 0 Å². The number of benzene rings is 1.